The first-order valence-corrected chi connectivity index (χ1v) is 6.44. The van der Waals surface area contributed by atoms with Gasteiger partial charge in [0.2, 0.25) is 0 Å². The van der Waals surface area contributed by atoms with Crippen LogP contribution in [0, 0.1) is 0 Å². The van der Waals surface area contributed by atoms with E-state index in [-0.39, 0.29) is 0 Å². The third-order valence-electron chi connectivity index (χ3n) is 2.68. The molecule has 2 aromatic carbocycles. The molecule has 2 aromatic rings. The van der Waals surface area contributed by atoms with E-state index in [0.29, 0.717) is 0 Å². The minimum absolute atomic E-state index is 1.13. The van der Waals surface area contributed by atoms with Gasteiger partial charge in [0.1, 0.15) is 0 Å². The fourth-order valence-corrected chi connectivity index (χ4v) is 2.41. The second-order valence-corrected chi connectivity index (χ2v) is 4.78. The Bertz CT molecular complexity index is 460. The highest BCUT2D eigenvalue weighted by Crippen LogP contribution is 2.26. The zero-order chi connectivity index (χ0) is 11.4. The van der Waals surface area contributed by atoms with Gasteiger partial charge in [-0.1, -0.05) is 71.7 Å². The van der Waals surface area contributed by atoms with Crippen molar-refractivity contribution < 1.29 is 0 Å². The van der Waals surface area contributed by atoms with Gasteiger partial charge in [0.05, 0.1) is 0 Å². The van der Waals surface area contributed by atoms with Gasteiger partial charge in [-0.25, -0.2) is 0 Å². The number of benzene rings is 2. The Morgan fingerprint density at radius 3 is 2.31 bits per heavy atom. The Morgan fingerprint density at radius 1 is 0.938 bits per heavy atom. The third kappa shape index (κ3) is 2.53. The first-order valence-electron chi connectivity index (χ1n) is 5.65. The topological polar surface area (TPSA) is 0 Å². The van der Waals surface area contributed by atoms with Crippen molar-refractivity contribution in [2.24, 2.45) is 0 Å². The van der Waals surface area contributed by atoms with E-state index in [4.69, 9.17) is 0 Å². The van der Waals surface area contributed by atoms with E-state index in [2.05, 4.69) is 65.3 Å². The zero-order valence-electron chi connectivity index (χ0n) is 9.41. The third-order valence-corrected chi connectivity index (χ3v) is 3.42. The molecule has 0 unspecified atom stereocenters. The lowest BCUT2D eigenvalue weighted by atomic mass is 10.0. The predicted octanol–water partition coefficient (Wildman–Crippen LogP) is 5.07. The first kappa shape index (κ1) is 11.4. The molecule has 0 N–H and O–H groups in total. The number of hydrogen-bond donors (Lipinski definition) is 0. The molecular weight excluding hydrogens is 260 g/mol. The van der Waals surface area contributed by atoms with Crippen LogP contribution in [0.1, 0.15) is 18.9 Å². The van der Waals surface area contributed by atoms with Crippen LogP contribution in [0.15, 0.2) is 53.0 Å². The summed E-state index contributed by atoms with van der Waals surface area (Å²) in [6, 6.07) is 17.1. The first-order chi connectivity index (χ1) is 7.81. The van der Waals surface area contributed by atoms with E-state index in [1.807, 2.05) is 6.07 Å². The predicted molar refractivity (Wildman–Crippen MR) is 73.6 cm³/mol. The second-order valence-electron chi connectivity index (χ2n) is 3.92. The van der Waals surface area contributed by atoms with Crippen LogP contribution < -0.4 is 0 Å². The van der Waals surface area contributed by atoms with Gasteiger partial charge in [0.15, 0.2) is 0 Å². The normalized spacial score (nSPS) is 10.4. The van der Waals surface area contributed by atoms with Crippen LogP contribution in [0.3, 0.4) is 0 Å². The molecular formula is C15H15Br. The summed E-state index contributed by atoms with van der Waals surface area (Å²) in [5, 5.41) is 0. The molecule has 0 aliphatic carbocycles. The number of aryl methyl sites for hydroxylation is 1. The fraction of sp³-hybridized carbons (Fsp3) is 0.200. The van der Waals surface area contributed by atoms with E-state index in [1.54, 1.807) is 0 Å². The Balaban J connectivity index is 2.35. The zero-order valence-corrected chi connectivity index (χ0v) is 11.0. The second kappa shape index (κ2) is 5.31. The van der Waals surface area contributed by atoms with E-state index >= 15 is 0 Å². The quantitative estimate of drug-likeness (QED) is 0.733. The van der Waals surface area contributed by atoms with Gasteiger partial charge >= 0.3 is 0 Å². The lowest BCUT2D eigenvalue weighted by molar-refractivity contribution is 0.917. The molecule has 0 aliphatic heterocycles. The Hall–Kier alpha value is -1.08. The van der Waals surface area contributed by atoms with Gasteiger partial charge in [-0.2, -0.15) is 0 Å². The van der Waals surface area contributed by atoms with Crippen molar-refractivity contribution in [2.75, 3.05) is 0 Å². The molecule has 0 heterocycles. The van der Waals surface area contributed by atoms with Crippen molar-refractivity contribution in [3.05, 3.63) is 58.6 Å². The van der Waals surface area contributed by atoms with Crippen LogP contribution in [0.25, 0.3) is 11.1 Å². The Labute approximate surface area is 105 Å². The summed E-state index contributed by atoms with van der Waals surface area (Å²) in [5.74, 6) is 0. The highest BCUT2D eigenvalue weighted by Gasteiger charge is 2.02. The van der Waals surface area contributed by atoms with Gasteiger partial charge in [0.25, 0.3) is 0 Å². The van der Waals surface area contributed by atoms with Crippen molar-refractivity contribution in [1.29, 1.82) is 0 Å². The lowest BCUT2D eigenvalue weighted by Gasteiger charge is -2.06. The van der Waals surface area contributed by atoms with Crippen LogP contribution >= 0.6 is 15.9 Å². The molecule has 0 nitrogen and oxygen atoms in total. The summed E-state index contributed by atoms with van der Waals surface area (Å²) >= 11 is 3.65. The maximum atomic E-state index is 3.65. The average molecular weight is 275 g/mol. The summed E-state index contributed by atoms with van der Waals surface area (Å²) < 4.78 is 1.22. The number of hydrogen-bond acceptors (Lipinski definition) is 0. The maximum Gasteiger partial charge on any atom is 0.0213 e. The van der Waals surface area contributed by atoms with E-state index in [1.165, 1.54) is 27.6 Å². The number of rotatable bonds is 3. The standard InChI is InChI=1S/C15H15Br/c1-2-6-13-9-10-14(11-15(13)16)12-7-4-3-5-8-12/h3-5,7-11H,2,6H2,1H3. The van der Waals surface area contributed by atoms with Crippen molar-refractivity contribution >= 4 is 15.9 Å². The van der Waals surface area contributed by atoms with Gasteiger partial charge < -0.3 is 0 Å². The molecule has 16 heavy (non-hydrogen) atoms. The smallest absolute Gasteiger partial charge is 0.0213 e. The molecule has 0 bridgehead atoms. The van der Waals surface area contributed by atoms with E-state index in [0.717, 1.165) is 6.42 Å². The average Bonchev–Trinajstić information content (AvgIpc) is 2.33. The molecule has 0 aliphatic rings. The monoisotopic (exact) mass is 274 g/mol. The molecule has 1 heteroatoms. The summed E-state index contributed by atoms with van der Waals surface area (Å²) in [7, 11) is 0. The molecule has 0 amide bonds. The Kier molecular flexibility index (Phi) is 3.79. The van der Waals surface area contributed by atoms with Crippen molar-refractivity contribution in [2.45, 2.75) is 19.8 Å². The summed E-state index contributed by atoms with van der Waals surface area (Å²) in [6.07, 6.45) is 2.32. The lowest BCUT2D eigenvalue weighted by Crippen LogP contribution is -1.86. The van der Waals surface area contributed by atoms with Crippen LogP contribution in [0.4, 0.5) is 0 Å². The van der Waals surface area contributed by atoms with Crippen molar-refractivity contribution in [3.63, 3.8) is 0 Å². The largest absolute Gasteiger partial charge is 0.0651 e. The highest BCUT2D eigenvalue weighted by molar-refractivity contribution is 9.10. The van der Waals surface area contributed by atoms with E-state index < -0.39 is 0 Å². The van der Waals surface area contributed by atoms with Crippen LogP contribution in [0.2, 0.25) is 0 Å². The van der Waals surface area contributed by atoms with Gasteiger partial charge in [-0.3, -0.25) is 0 Å². The van der Waals surface area contributed by atoms with Crippen molar-refractivity contribution in [1.82, 2.24) is 0 Å². The molecule has 0 atom stereocenters. The van der Waals surface area contributed by atoms with Crippen LogP contribution in [-0.4, -0.2) is 0 Å². The van der Waals surface area contributed by atoms with Crippen molar-refractivity contribution in [3.8, 4) is 11.1 Å². The highest BCUT2D eigenvalue weighted by atomic mass is 79.9. The SMILES string of the molecule is CCCc1ccc(-c2ccccc2)cc1Br. The van der Waals surface area contributed by atoms with Gasteiger partial charge in [0, 0.05) is 4.47 Å². The Morgan fingerprint density at radius 2 is 1.69 bits per heavy atom. The molecule has 2 rings (SSSR count). The molecule has 0 aromatic heterocycles. The molecule has 0 saturated carbocycles. The number of halogens is 1. The summed E-state index contributed by atoms with van der Waals surface area (Å²) in [5.41, 5.74) is 3.93. The van der Waals surface area contributed by atoms with Gasteiger partial charge in [-0.15, -0.1) is 0 Å². The summed E-state index contributed by atoms with van der Waals surface area (Å²) in [6.45, 7) is 2.21. The fourth-order valence-electron chi connectivity index (χ4n) is 1.83. The van der Waals surface area contributed by atoms with Gasteiger partial charge in [-0.05, 0) is 29.2 Å². The molecule has 0 spiro atoms. The molecule has 0 fully saturated rings. The maximum absolute atomic E-state index is 3.65. The molecule has 82 valence electrons. The van der Waals surface area contributed by atoms with E-state index in [9.17, 15) is 0 Å². The molecule has 0 radical (unpaired) electrons. The van der Waals surface area contributed by atoms with Crippen LogP contribution in [0.5, 0.6) is 0 Å². The minimum atomic E-state index is 1.13. The minimum Gasteiger partial charge on any atom is -0.0651 e. The van der Waals surface area contributed by atoms with Crippen LogP contribution in [-0.2, 0) is 6.42 Å². The molecule has 0 saturated heterocycles. The summed E-state index contributed by atoms with van der Waals surface area (Å²) in [4.78, 5) is 0.